The fourth-order valence-corrected chi connectivity index (χ4v) is 9.92. The fourth-order valence-electron chi connectivity index (χ4n) is 9.92. The van der Waals surface area contributed by atoms with E-state index >= 15 is 0 Å². The highest BCUT2D eigenvalue weighted by atomic mass is 16.6. The van der Waals surface area contributed by atoms with E-state index in [1.54, 1.807) is 30.5 Å². The Morgan fingerprint density at radius 3 is 1.25 bits per heavy atom. The summed E-state index contributed by atoms with van der Waals surface area (Å²) in [6.45, 7) is 20.4. The number of amides is 8. The molecule has 2 aromatic rings. The molecule has 0 aliphatic heterocycles. The fraction of sp³-hybridized carbons (Fsp3) is 0.699. The Balaban J connectivity index is 1.30. The number of primary amides is 2. The SMILES string of the molecule is CC[C@@H](CC(C)C)C(=O)N[C@@H](CCCCNC(=O)c1cccc(CC/N=C/CCCOCCOCCOCCOCCNC(=O)OCCOC(=O)NCCOCCOCCOCCOCCC/C=N\OCc2cccc(C(=O)NCCCC[C@H](NC(=O)[C@@H](CC)CC(C)C)C(N)=O)c2)c1)C(N)=O. The highest BCUT2D eigenvalue weighted by Gasteiger charge is 2.25. The van der Waals surface area contributed by atoms with Crippen molar-refractivity contribution in [1.29, 1.82) is 0 Å². The molecule has 0 saturated heterocycles. The minimum atomic E-state index is -0.742. The minimum Gasteiger partial charge on any atom is -0.446 e. The summed E-state index contributed by atoms with van der Waals surface area (Å²) in [7, 11) is 0. The maximum atomic E-state index is 12.8. The number of hydrogen-bond acceptors (Lipinski definition) is 21. The molecule has 0 aliphatic rings. The van der Waals surface area contributed by atoms with E-state index in [2.05, 4.69) is 69.7 Å². The zero-order chi connectivity index (χ0) is 74.5. The summed E-state index contributed by atoms with van der Waals surface area (Å²) in [5.41, 5.74) is 14.0. The van der Waals surface area contributed by atoms with Gasteiger partial charge in [-0.2, -0.15) is 0 Å². The van der Waals surface area contributed by atoms with Crippen LogP contribution in [0.1, 0.15) is 163 Å². The van der Waals surface area contributed by atoms with Gasteiger partial charge in [-0.3, -0.25) is 33.8 Å². The first-order valence-electron chi connectivity index (χ1n) is 36.4. The van der Waals surface area contributed by atoms with Gasteiger partial charge in [0.1, 0.15) is 31.9 Å². The smallest absolute Gasteiger partial charge is 0.407 e. The monoisotopic (exact) mass is 1440 g/mol. The Bertz CT molecular complexity index is 2480. The van der Waals surface area contributed by atoms with Crippen molar-refractivity contribution in [3.8, 4) is 0 Å². The highest BCUT2D eigenvalue weighted by molar-refractivity contribution is 5.95. The number of aliphatic imine (C=N–C) groups is 1. The number of ether oxygens (including phenoxy) is 10. The first-order chi connectivity index (χ1) is 49.4. The van der Waals surface area contributed by atoms with E-state index in [-0.39, 0.29) is 81.6 Å². The van der Waals surface area contributed by atoms with Crippen LogP contribution in [-0.2, 0) is 84.4 Å². The molecule has 0 radical (unpaired) electrons. The predicted molar refractivity (Wildman–Crippen MR) is 388 cm³/mol. The van der Waals surface area contributed by atoms with E-state index in [1.165, 1.54) is 0 Å². The molecule has 0 fully saturated rings. The number of oxime groups is 1. The van der Waals surface area contributed by atoms with E-state index in [4.69, 9.17) is 63.7 Å². The maximum Gasteiger partial charge on any atom is 0.407 e. The van der Waals surface area contributed by atoms with Crippen LogP contribution in [0, 0.1) is 23.7 Å². The molecule has 29 nitrogen and oxygen atoms in total. The Kier molecular flexibility index (Phi) is 54.4. The van der Waals surface area contributed by atoms with E-state index < -0.39 is 36.1 Å². The lowest BCUT2D eigenvalue weighted by molar-refractivity contribution is -0.130. The van der Waals surface area contributed by atoms with Gasteiger partial charge in [-0.25, -0.2) is 9.59 Å². The molecule has 0 heterocycles. The first kappa shape index (κ1) is 90.7. The van der Waals surface area contributed by atoms with Gasteiger partial charge >= 0.3 is 12.2 Å². The molecule has 29 heteroatoms. The molecule has 4 atom stereocenters. The lowest BCUT2D eigenvalue weighted by atomic mass is 9.93. The van der Waals surface area contributed by atoms with Crippen molar-refractivity contribution in [3.63, 3.8) is 0 Å². The maximum absolute atomic E-state index is 12.8. The van der Waals surface area contributed by atoms with Crippen molar-refractivity contribution < 1.29 is 90.6 Å². The van der Waals surface area contributed by atoms with Crippen molar-refractivity contribution in [1.82, 2.24) is 31.9 Å². The predicted octanol–water partition coefficient (Wildman–Crippen LogP) is 6.53. The molecule has 102 heavy (non-hydrogen) atoms. The second-order valence-corrected chi connectivity index (χ2v) is 25.0. The third-order valence-electron chi connectivity index (χ3n) is 15.4. The Morgan fingerprint density at radius 1 is 0.451 bits per heavy atom. The molecule has 0 aliphatic carbocycles. The number of unbranched alkanes of at least 4 members (excludes halogenated alkanes) is 4. The van der Waals surface area contributed by atoms with Crippen LogP contribution in [0.5, 0.6) is 0 Å². The number of hydrogen-bond donors (Lipinski definition) is 8. The number of benzene rings is 2. The largest absolute Gasteiger partial charge is 0.446 e. The Labute approximate surface area is 604 Å². The molecule has 2 aromatic carbocycles. The number of nitrogens with two attached hydrogens (primary N) is 2. The zero-order valence-corrected chi connectivity index (χ0v) is 61.6. The number of alkyl carbamates (subject to hydrolysis) is 2. The van der Waals surface area contributed by atoms with Crippen LogP contribution in [0.2, 0.25) is 0 Å². The van der Waals surface area contributed by atoms with E-state index in [0.717, 1.165) is 43.2 Å². The van der Waals surface area contributed by atoms with E-state index in [0.29, 0.717) is 199 Å². The molecule has 10 N–H and O–H groups in total. The number of carbonyl (C=O) groups excluding carboxylic acids is 8. The van der Waals surface area contributed by atoms with Crippen LogP contribution in [0.4, 0.5) is 9.59 Å². The first-order valence-corrected chi connectivity index (χ1v) is 36.4. The third kappa shape index (κ3) is 49.3. The molecule has 0 aromatic heterocycles. The van der Waals surface area contributed by atoms with Gasteiger partial charge in [0.2, 0.25) is 23.6 Å². The number of rotatable bonds is 65. The van der Waals surface area contributed by atoms with Crippen molar-refractivity contribution in [2.45, 2.75) is 157 Å². The van der Waals surface area contributed by atoms with Gasteiger partial charge in [-0.1, -0.05) is 71.0 Å². The molecule has 0 bridgehead atoms. The van der Waals surface area contributed by atoms with E-state index in [1.807, 2.05) is 44.3 Å². The summed E-state index contributed by atoms with van der Waals surface area (Å²) < 4.78 is 54.3. The van der Waals surface area contributed by atoms with Gasteiger partial charge in [-0.15, -0.1) is 0 Å². The van der Waals surface area contributed by atoms with Gasteiger partial charge in [0.05, 0.1) is 92.5 Å². The number of nitrogens with one attached hydrogen (secondary N) is 6. The molecular weight excluding hydrogens is 1320 g/mol. The van der Waals surface area contributed by atoms with Crippen molar-refractivity contribution >= 4 is 60.1 Å². The summed E-state index contributed by atoms with van der Waals surface area (Å²) in [6.07, 6.45) is 12.2. The molecule has 578 valence electrons. The average molecular weight is 1440 g/mol. The standard InChI is InChI=1S/C73H122N10O19/c1-7-60(51-56(3)4)70(88)82-64(66(74)84)23-9-11-27-77-68(86)62-21-17-19-58(53-62)25-30-76-26-13-15-33-92-37-41-96-45-47-98-43-39-94-35-31-79-72(90)100-49-50-101-73(91)80-32-36-95-40-44-99-48-46-97-42-38-93-34-16-14-29-81-102-55-59-20-18-22-63(54-59)69(87)78-28-12-10-24-65(67(75)85)83-71(89)61(8-2)52-57(5)6/h17-22,26,29,53-54,56-57,60-61,64-65H,7-16,23-25,27-28,30-52,55H2,1-6H3,(H2,74,84)(H2,75,85)(H,77,86)(H,78,87)(H,79,90)(H,80,91)(H,82,88)(H,83,89)/b76-26+,81-29-/t60-,61-,64-,65-/m0/s1. The van der Waals surface area contributed by atoms with Crippen molar-refractivity contribution in [2.75, 3.05) is 152 Å². The lowest BCUT2D eigenvalue weighted by Gasteiger charge is -2.21. The van der Waals surface area contributed by atoms with Crippen LogP contribution in [0.3, 0.4) is 0 Å². The van der Waals surface area contributed by atoms with Gasteiger partial charge < -0.3 is 95.6 Å². The van der Waals surface area contributed by atoms with Gasteiger partial charge in [-0.05, 0) is 150 Å². The van der Waals surface area contributed by atoms with Crippen LogP contribution < -0.4 is 43.4 Å². The average Bonchev–Trinajstić information content (AvgIpc) is 0.905. The highest BCUT2D eigenvalue weighted by Crippen LogP contribution is 2.18. The molecule has 0 saturated carbocycles. The van der Waals surface area contributed by atoms with Gasteiger partial charge in [0.15, 0.2) is 0 Å². The van der Waals surface area contributed by atoms with Gasteiger partial charge in [0, 0.05) is 75.1 Å². The van der Waals surface area contributed by atoms with Crippen molar-refractivity contribution in [3.05, 3.63) is 70.8 Å². The molecule has 0 spiro atoms. The van der Waals surface area contributed by atoms with Crippen LogP contribution >= 0.6 is 0 Å². The molecular formula is C73H122N10O19. The second-order valence-electron chi connectivity index (χ2n) is 25.0. The molecule has 8 amide bonds. The summed E-state index contributed by atoms with van der Waals surface area (Å²) >= 11 is 0. The molecule has 0 unspecified atom stereocenters. The minimum absolute atomic E-state index is 0.123. The zero-order valence-electron chi connectivity index (χ0n) is 61.6. The third-order valence-corrected chi connectivity index (χ3v) is 15.4. The van der Waals surface area contributed by atoms with Crippen LogP contribution in [-0.4, -0.2) is 224 Å². The molecule has 2 rings (SSSR count). The lowest BCUT2D eigenvalue weighted by Crippen LogP contribution is -2.46. The van der Waals surface area contributed by atoms with Gasteiger partial charge in [0.25, 0.3) is 11.8 Å². The van der Waals surface area contributed by atoms with E-state index in [9.17, 15) is 38.4 Å². The summed E-state index contributed by atoms with van der Waals surface area (Å²) in [5, 5.41) is 20.6. The quantitative estimate of drug-likeness (QED) is 0.0198. The summed E-state index contributed by atoms with van der Waals surface area (Å²) in [6, 6.07) is 13.1. The topological polar surface area (TPSA) is 387 Å². The summed E-state index contributed by atoms with van der Waals surface area (Å²) in [4.78, 5) is 109. The number of nitrogens with zero attached hydrogens (tertiary/aromatic N) is 2. The normalized spacial score (nSPS) is 12.6. The van der Waals surface area contributed by atoms with Crippen molar-refractivity contribution in [2.24, 2.45) is 45.3 Å². The summed E-state index contributed by atoms with van der Waals surface area (Å²) in [5.74, 6) is -1.37. The Morgan fingerprint density at radius 2 is 0.843 bits per heavy atom. The number of carbonyl (C=O) groups is 8. The van der Waals surface area contributed by atoms with Crippen LogP contribution in [0.15, 0.2) is 58.7 Å². The van der Waals surface area contributed by atoms with Crippen LogP contribution in [0.25, 0.3) is 0 Å². The Hall–Kier alpha value is -7.38. The second kappa shape index (κ2) is 61.1.